The van der Waals surface area contributed by atoms with E-state index < -0.39 is 0 Å². The normalized spacial score (nSPS) is 10.5. The highest BCUT2D eigenvalue weighted by atomic mass is 32.1. The van der Waals surface area contributed by atoms with Crippen molar-refractivity contribution >= 4 is 22.9 Å². The summed E-state index contributed by atoms with van der Waals surface area (Å²) < 4.78 is 5.12. The van der Waals surface area contributed by atoms with Gasteiger partial charge >= 0.3 is 0 Å². The Morgan fingerprint density at radius 1 is 1.43 bits per heavy atom. The summed E-state index contributed by atoms with van der Waals surface area (Å²) in [7, 11) is 0. The molecular formula is C13H11N5O2S. The molecule has 2 heterocycles. The van der Waals surface area contributed by atoms with E-state index in [1.807, 2.05) is 6.07 Å². The quantitative estimate of drug-likeness (QED) is 0.762. The minimum Gasteiger partial charge on any atom is -0.423 e. The van der Waals surface area contributed by atoms with Crippen LogP contribution >= 0.6 is 11.3 Å². The number of nitrogens with one attached hydrogen (secondary N) is 1. The van der Waals surface area contributed by atoms with Gasteiger partial charge in [0.1, 0.15) is 10.7 Å². The Morgan fingerprint density at radius 3 is 3.05 bits per heavy atom. The van der Waals surface area contributed by atoms with Crippen molar-refractivity contribution in [2.24, 2.45) is 5.73 Å². The van der Waals surface area contributed by atoms with Gasteiger partial charge in [0.15, 0.2) is 0 Å². The number of amides is 1. The third-order valence-corrected chi connectivity index (χ3v) is 3.56. The maximum Gasteiger partial charge on any atom is 0.275 e. The number of anilines is 1. The third kappa shape index (κ3) is 2.96. The van der Waals surface area contributed by atoms with Gasteiger partial charge in [-0.2, -0.15) is 0 Å². The Hall–Kier alpha value is -2.58. The van der Waals surface area contributed by atoms with Gasteiger partial charge < -0.3 is 15.5 Å². The summed E-state index contributed by atoms with van der Waals surface area (Å²) in [5, 5.41) is 12.6. The average molecular weight is 301 g/mol. The van der Waals surface area contributed by atoms with Crippen molar-refractivity contribution < 1.29 is 9.21 Å². The molecule has 7 nitrogen and oxygen atoms in total. The molecule has 8 heteroatoms. The van der Waals surface area contributed by atoms with Gasteiger partial charge in [-0.3, -0.25) is 4.79 Å². The van der Waals surface area contributed by atoms with E-state index in [0.717, 1.165) is 10.6 Å². The molecule has 0 radical (unpaired) electrons. The molecule has 21 heavy (non-hydrogen) atoms. The van der Waals surface area contributed by atoms with Gasteiger partial charge in [0.2, 0.25) is 12.3 Å². The highest BCUT2D eigenvalue weighted by Gasteiger charge is 2.11. The van der Waals surface area contributed by atoms with Gasteiger partial charge in [0, 0.05) is 23.2 Å². The fraction of sp³-hybridized carbons (Fsp3) is 0.0769. The number of benzene rings is 1. The van der Waals surface area contributed by atoms with Crippen LogP contribution in [-0.2, 0) is 6.54 Å². The van der Waals surface area contributed by atoms with E-state index >= 15 is 0 Å². The number of rotatable bonds is 4. The number of hydrogen-bond acceptors (Lipinski definition) is 7. The molecule has 0 saturated heterocycles. The van der Waals surface area contributed by atoms with Gasteiger partial charge in [-0.15, -0.1) is 21.5 Å². The Balaban J connectivity index is 1.78. The van der Waals surface area contributed by atoms with Crippen LogP contribution in [0.25, 0.3) is 11.5 Å². The fourth-order valence-corrected chi connectivity index (χ4v) is 2.39. The predicted molar refractivity (Wildman–Crippen MR) is 77.7 cm³/mol. The molecule has 0 spiro atoms. The topological polar surface area (TPSA) is 107 Å². The molecular weight excluding hydrogens is 290 g/mol. The predicted octanol–water partition coefficient (Wildman–Crippen LogP) is 1.90. The SMILES string of the molecule is NCc1nc(C(=O)Nc2cccc(-c3nnco3)c2)cs1. The second-order valence-corrected chi connectivity index (χ2v) is 5.05. The van der Waals surface area contributed by atoms with E-state index in [-0.39, 0.29) is 5.91 Å². The van der Waals surface area contributed by atoms with Crippen LogP contribution in [0.2, 0.25) is 0 Å². The van der Waals surface area contributed by atoms with Crippen LogP contribution in [-0.4, -0.2) is 21.1 Å². The van der Waals surface area contributed by atoms with E-state index in [2.05, 4.69) is 20.5 Å². The van der Waals surface area contributed by atoms with E-state index in [1.54, 1.807) is 23.6 Å². The van der Waals surface area contributed by atoms with Crippen LogP contribution in [0.3, 0.4) is 0 Å². The Bertz CT molecular complexity index is 754. The van der Waals surface area contributed by atoms with Gasteiger partial charge in [-0.1, -0.05) is 6.07 Å². The fourth-order valence-electron chi connectivity index (χ4n) is 1.73. The number of carbonyl (C=O) groups excluding carboxylic acids is 1. The van der Waals surface area contributed by atoms with Gasteiger partial charge in [-0.25, -0.2) is 4.98 Å². The summed E-state index contributed by atoms with van der Waals surface area (Å²) in [6.07, 6.45) is 1.25. The Kier molecular flexibility index (Phi) is 3.71. The zero-order valence-electron chi connectivity index (χ0n) is 10.8. The molecule has 0 fully saturated rings. The first kappa shape index (κ1) is 13.4. The van der Waals surface area contributed by atoms with Crippen LogP contribution < -0.4 is 11.1 Å². The smallest absolute Gasteiger partial charge is 0.275 e. The Labute approximate surface area is 123 Å². The zero-order chi connectivity index (χ0) is 14.7. The zero-order valence-corrected chi connectivity index (χ0v) is 11.6. The second-order valence-electron chi connectivity index (χ2n) is 4.11. The first-order valence-electron chi connectivity index (χ1n) is 6.08. The molecule has 106 valence electrons. The number of nitrogens with two attached hydrogens (primary N) is 1. The lowest BCUT2D eigenvalue weighted by Crippen LogP contribution is -2.12. The maximum absolute atomic E-state index is 12.1. The molecule has 3 aromatic rings. The largest absolute Gasteiger partial charge is 0.423 e. The molecule has 0 bridgehead atoms. The van der Waals surface area contributed by atoms with Crippen molar-refractivity contribution in [2.75, 3.05) is 5.32 Å². The summed E-state index contributed by atoms with van der Waals surface area (Å²) in [4.78, 5) is 16.2. The van der Waals surface area contributed by atoms with Crippen molar-refractivity contribution in [3.8, 4) is 11.5 Å². The monoisotopic (exact) mass is 301 g/mol. The molecule has 1 amide bonds. The number of aromatic nitrogens is 3. The molecule has 3 N–H and O–H groups in total. The molecule has 0 aliphatic carbocycles. The van der Waals surface area contributed by atoms with Gasteiger partial charge in [0.05, 0.1) is 0 Å². The minimum absolute atomic E-state index is 0.284. The van der Waals surface area contributed by atoms with E-state index in [9.17, 15) is 4.79 Å². The lowest BCUT2D eigenvalue weighted by molar-refractivity contribution is 0.102. The maximum atomic E-state index is 12.1. The molecule has 0 saturated carbocycles. The summed E-state index contributed by atoms with van der Waals surface area (Å²) >= 11 is 1.36. The summed E-state index contributed by atoms with van der Waals surface area (Å²) in [5.74, 6) is 0.110. The van der Waals surface area contributed by atoms with Gasteiger partial charge in [-0.05, 0) is 18.2 Å². The summed E-state index contributed by atoms with van der Waals surface area (Å²) in [6.45, 7) is 0.324. The van der Waals surface area contributed by atoms with Crippen molar-refractivity contribution in [3.05, 3.63) is 46.7 Å². The van der Waals surface area contributed by atoms with E-state index in [1.165, 1.54) is 17.7 Å². The standard InChI is InChI=1S/C13H11N5O2S/c14-5-11-17-10(6-21-11)12(19)16-9-3-1-2-8(4-9)13-18-15-7-20-13/h1-4,6-7H,5,14H2,(H,16,19). The number of carbonyl (C=O) groups is 1. The third-order valence-electron chi connectivity index (χ3n) is 2.69. The van der Waals surface area contributed by atoms with Crippen LogP contribution in [0.15, 0.2) is 40.5 Å². The van der Waals surface area contributed by atoms with Crippen molar-refractivity contribution in [3.63, 3.8) is 0 Å². The van der Waals surface area contributed by atoms with Crippen molar-refractivity contribution in [2.45, 2.75) is 6.54 Å². The van der Waals surface area contributed by atoms with Crippen molar-refractivity contribution in [1.29, 1.82) is 0 Å². The summed E-state index contributed by atoms with van der Waals surface area (Å²) in [6, 6.07) is 7.13. The lowest BCUT2D eigenvalue weighted by atomic mass is 10.2. The molecule has 2 aromatic heterocycles. The number of hydrogen-bond donors (Lipinski definition) is 2. The highest BCUT2D eigenvalue weighted by Crippen LogP contribution is 2.21. The first-order valence-corrected chi connectivity index (χ1v) is 6.96. The molecule has 3 rings (SSSR count). The van der Waals surface area contributed by atoms with E-state index in [4.69, 9.17) is 10.2 Å². The number of nitrogens with zero attached hydrogens (tertiary/aromatic N) is 3. The molecule has 1 aromatic carbocycles. The first-order chi connectivity index (χ1) is 10.3. The molecule has 0 unspecified atom stereocenters. The molecule has 0 aliphatic rings. The Morgan fingerprint density at radius 2 is 2.33 bits per heavy atom. The van der Waals surface area contributed by atoms with Crippen LogP contribution in [0.1, 0.15) is 15.5 Å². The van der Waals surface area contributed by atoms with Crippen molar-refractivity contribution in [1.82, 2.24) is 15.2 Å². The lowest BCUT2D eigenvalue weighted by Gasteiger charge is -2.04. The summed E-state index contributed by atoms with van der Waals surface area (Å²) in [5.41, 5.74) is 7.18. The highest BCUT2D eigenvalue weighted by molar-refractivity contribution is 7.09. The van der Waals surface area contributed by atoms with Crippen LogP contribution in [0.4, 0.5) is 5.69 Å². The average Bonchev–Trinajstić information content (AvgIpc) is 3.19. The minimum atomic E-state index is -0.284. The second kappa shape index (κ2) is 5.81. The van der Waals surface area contributed by atoms with E-state index in [0.29, 0.717) is 23.8 Å². The van der Waals surface area contributed by atoms with Crippen LogP contribution in [0, 0.1) is 0 Å². The molecule has 0 atom stereocenters. The number of thiazole rings is 1. The van der Waals surface area contributed by atoms with Crippen LogP contribution in [0.5, 0.6) is 0 Å². The van der Waals surface area contributed by atoms with Gasteiger partial charge in [0.25, 0.3) is 5.91 Å². The molecule has 0 aliphatic heterocycles.